The summed E-state index contributed by atoms with van der Waals surface area (Å²) in [4.78, 5) is 60.4. The number of likely N-dealkylation sites (N-methyl/N-ethyl adjacent to an activating group) is 1. The number of amides is 4. The van der Waals surface area contributed by atoms with Crippen molar-refractivity contribution in [1.82, 2.24) is 31.2 Å². The molecule has 0 saturated carbocycles. The second-order valence-corrected chi connectivity index (χ2v) is 15.1. The Hall–Kier alpha value is -2.87. The molecule has 9 atom stereocenters. The van der Waals surface area contributed by atoms with Gasteiger partial charge < -0.3 is 35.6 Å². The molecular formula is C38H74N6O6S. The molecule has 4 amide bonds. The number of methoxy groups -OCH3 is 2. The molecule has 1 aromatic heterocycles. The van der Waals surface area contributed by atoms with Crippen LogP contribution < -0.4 is 21.3 Å². The highest BCUT2D eigenvalue weighted by Gasteiger charge is 2.42. The van der Waals surface area contributed by atoms with Crippen LogP contribution >= 0.6 is 11.3 Å². The van der Waals surface area contributed by atoms with Gasteiger partial charge in [-0.25, -0.2) is 4.98 Å². The Morgan fingerprint density at radius 3 is 2.06 bits per heavy atom. The molecule has 1 aliphatic heterocycles. The fourth-order valence-corrected chi connectivity index (χ4v) is 7.41. The molecule has 4 N–H and O–H groups in total. The van der Waals surface area contributed by atoms with E-state index in [1.54, 1.807) is 33.5 Å². The number of carbonyl (C=O) groups is 4. The van der Waals surface area contributed by atoms with Gasteiger partial charge in [-0.1, -0.05) is 67.9 Å². The average Bonchev–Trinajstić information content (AvgIpc) is 3.81. The summed E-state index contributed by atoms with van der Waals surface area (Å²) in [6.07, 6.45) is 5.40. The highest BCUT2D eigenvalue weighted by molar-refractivity contribution is 7.09. The van der Waals surface area contributed by atoms with Crippen LogP contribution in [0.5, 0.6) is 0 Å². The molecule has 1 aliphatic rings. The van der Waals surface area contributed by atoms with Crippen molar-refractivity contribution in [3.05, 3.63) is 29.2 Å². The summed E-state index contributed by atoms with van der Waals surface area (Å²) in [5.41, 5.74) is 0. The summed E-state index contributed by atoms with van der Waals surface area (Å²) < 4.78 is 11.8. The smallest absolute Gasteiger partial charge is 0.243 e. The predicted molar refractivity (Wildman–Crippen MR) is 211 cm³/mol. The second kappa shape index (κ2) is 23.6. The van der Waals surface area contributed by atoms with E-state index in [2.05, 4.69) is 32.8 Å². The zero-order chi connectivity index (χ0) is 38.8. The number of hydrogen-bond acceptors (Lipinski definition) is 9. The number of hydrogen-bond donors (Lipinski definition) is 4. The zero-order valence-electron chi connectivity index (χ0n) is 33.3. The van der Waals surface area contributed by atoms with Gasteiger partial charge in [0.05, 0.1) is 48.7 Å². The molecule has 51 heavy (non-hydrogen) atoms. The van der Waals surface area contributed by atoms with Crippen molar-refractivity contribution in [2.24, 2.45) is 23.7 Å². The summed E-state index contributed by atoms with van der Waals surface area (Å²) in [6, 6.07) is -2.12. The van der Waals surface area contributed by atoms with E-state index in [9.17, 15) is 19.2 Å². The van der Waals surface area contributed by atoms with Gasteiger partial charge in [0.25, 0.3) is 0 Å². The molecule has 2 rings (SSSR count). The lowest BCUT2D eigenvalue weighted by molar-refractivity contribution is -0.143. The molecule has 1 aromatic rings. The lowest BCUT2D eigenvalue weighted by atomic mass is 9.90. The standard InChI is InChI=1S/C35H62N6O6S.C3H6.3H2/c1-12-22(7)30(40-34(45)29(21(5)6)39-33(44)28(36-9)20(3)4)26(46-10)19-27(42)41-17-14-15-25(41)31(47-11)23(8)32(43)38-24(13-2)35-37-16-18-48-35;1-3-2;;;/h16,18,20-26,28-31,36H,12-15,17,19H2,1-11H3,(H,38,43)(H,39,44)(H,40,45);3H,1H2,2H3;3*1H/t22?,23-,24+,25+,26-,28+,29+,30+,31-;;;;/m1..../s1. The molecule has 1 fully saturated rings. The monoisotopic (exact) mass is 743 g/mol. The van der Waals surface area contributed by atoms with Crippen molar-refractivity contribution in [1.29, 1.82) is 0 Å². The van der Waals surface area contributed by atoms with Gasteiger partial charge in [-0.2, -0.15) is 0 Å². The Kier molecular flexibility index (Phi) is 21.4. The minimum atomic E-state index is -0.757. The lowest BCUT2D eigenvalue weighted by Gasteiger charge is -2.37. The van der Waals surface area contributed by atoms with Crippen LogP contribution in [0.4, 0.5) is 0 Å². The topological polar surface area (TPSA) is 151 Å². The summed E-state index contributed by atoms with van der Waals surface area (Å²) in [5, 5.41) is 15.0. The number of likely N-dealkylation sites (tertiary alicyclic amines) is 1. The van der Waals surface area contributed by atoms with E-state index in [4.69, 9.17) is 9.47 Å². The normalized spacial score (nSPS) is 19.1. The van der Waals surface area contributed by atoms with E-state index < -0.39 is 36.3 Å². The van der Waals surface area contributed by atoms with Gasteiger partial charge in [0.2, 0.25) is 23.6 Å². The van der Waals surface area contributed by atoms with Gasteiger partial charge in [-0.15, -0.1) is 17.9 Å². The predicted octanol–water partition coefficient (Wildman–Crippen LogP) is 5.60. The fourth-order valence-electron chi connectivity index (χ4n) is 6.64. The molecule has 13 heteroatoms. The Morgan fingerprint density at radius 2 is 1.59 bits per heavy atom. The van der Waals surface area contributed by atoms with Crippen LogP contribution in [0.2, 0.25) is 0 Å². The van der Waals surface area contributed by atoms with Crippen LogP contribution in [0.15, 0.2) is 24.2 Å². The Morgan fingerprint density at radius 1 is 0.980 bits per heavy atom. The van der Waals surface area contributed by atoms with Crippen molar-refractivity contribution >= 4 is 35.0 Å². The molecular weight excluding hydrogens is 669 g/mol. The third kappa shape index (κ3) is 13.6. The summed E-state index contributed by atoms with van der Waals surface area (Å²) in [6.45, 7) is 21.4. The number of nitrogens with zero attached hydrogens (tertiary/aromatic N) is 2. The maximum absolute atomic E-state index is 14.0. The maximum Gasteiger partial charge on any atom is 0.243 e. The van der Waals surface area contributed by atoms with Crippen molar-refractivity contribution in [2.75, 3.05) is 27.8 Å². The van der Waals surface area contributed by atoms with Crippen LogP contribution in [-0.2, 0) is 28.7 Å². The van der Waals surface area contributed by atoms with Gasteiger partial charge >= 0.3 is 0 Å². The first kappa shape index (κ1) is 46.2. The van der Waals surface area contributed by atoms with E-state index >= 15 is 0 Å². The van der Waals surface area contributed by atoms with Crippen LogP contribution in [0.25, 0.3) is 0 Å². The SMILES string of the molecule is C=CC.CCC(C)[C@H](NC(=O)[C@@H](NC(=O)[C@@H](NC)C(C)C)C(C)C)[C@@H](CC(=O)N1CCC[C@H]1[C@H](OC)[C@@H](C)C(=O)N[C@@H](CC)c1nccs1)OC.[HH].[HH].[HH]. The Balaban J connectivity index is -0.00000418. The van der Waals surface area contributed by atoms with E-state index in [-0.39, 0.29) is 64.2 Å². The highest BCUT2D eigenvalue weighted by atomic mass is 32.1. The van der Waals surface area contributed by atoms with Crippen molar-refractivity contribution < 1.29 is 32.9 Å². The van der Waals surface area contributed by atoms with Gasteiger partial charge in [-0.05, 0) is 51.0 Å². The minimum absolute atomic E-state index is 0. The molecule has 2 heterocycles. The van der Waals surface area contributed by atoms with Crippen LogP contribution in [0, 0.1) is 23.7 Å². The molecule has 0 aliphatic carbocycles. The second-order valence-electron chi connectivity index (χ2n) is 14.2. The lowest BCUT2D eigenvalue weighted by Crippen LogP contribution is -2.59. The molecule has 0 spiro atoms. The number of thiazole rings is 1. The van der Waals surface area contributed by atoms with Gasteiger partial charge in [0.1, 0.15) is 11.0 Å². The van der Waals surface area contributed by atoms with E-state index in [1.807, 2.05) is 72.6 Å². The quantitative estimate of drug-likeness (QED) is 0.126. The van der Waals surface area contributed by atoms with Crippen LogP contribution in [-0.4, -0.2) is 97.7 Å². The minimum Gasteiger partial charge on any atom is -0.379 e. The number of aromatic nitrogens is 1. The first-order valence-electron chi connectivity index (χ1n) is 18.6. The van der Waals surface area contributed by atoms with E-state index in [0.717, 1.165) is 17.8 Å². The van der Waals surface area contributed by atoms with Crippen LogP contribution in [0.3, 0.4) is 0 Å². The van der Waals surface area contributed by atoms with E-state index in [0.29, 0.717) is 19.4 Å². The van der Waals surface area contributed by atoms with Crippen molar-refractivity contribution in [3.8, 4) is 0 Å². The largest absolute Gasteiger partial charge is 0.379 e. The highest BCUT2D eigenvalue weighted by Crippen LogP contribution is 2.29. The van der Waals surface area contributed by atoms with Crippen LogP contribution in [0.1, 0.15) is 110 Å². The number of rotatable bonds is 20. The number of nitrogens with one attached hydrogen (secondary N) is 4. The third-order valence-electron chi connectivity index (χ3n) is 9.80. The van der Waals surface area contributed by atoms with E-state index in [1.165, 1.54) is 11.3 Å². The molecule has 0 aromatic carbocycles. The zero-order valence-corrected chi connectivity index (χ0v) is 34.1. The van der Waals surface area contributed by atoms with Gasteiger partial charge in [0, 0.05) is 36.6 Å². The van der Waals surface area contributed by atoms with Crippen molar-refractivity contribution in [2.45, 2.75) is 137 Å². The number of allylic oxidation sites excluding steroid dienone is 1. The van der Waals surface area contributed by atoms with Gasteiger partial charge in [0.15, 0.2) is 0 Å². The molecule has 0 radical (unpaired) electrons. The first-order chi connectivity index (χ1) is 24.2. The van der Waals surface area contributed by atoms with Gasteiger partial charge in [-0.3, -0.25) is 19.2 Å². The Bertz CT molecular complexity index is 1210. The summed E-state index contributed by atoms with van der Waals surface area (Å²) in [7, 11) is 4.87. The fraction of sp³-hybridized carbons (Fsp3) is 0.763. The first-order valence-corrected chi connectivity index (χ1v) is 19.4. The number of ether oxygens (including phenoxy) is 2. The van der Waals surface area contributed by atoms with Crippen molar-refractivity contribution in [3.63, 3.8) is 0 Å². The molecule has 12 nitrogen and oxygen atoms in total. The molecule has 0 bridgehead atoms. The number of carbonyl (C=O) groups excluding carboxylic acids is 4. The molecule has 298 valence electrons. The Labute approximate surface area is 316 Å². The third-order valence-corrected chi connectivity index (χ3v) is 10.7. The summed E-state index contributed by atoms with van der Waals surface area (Å²) >= 11 is 1.51. The molecule has 1 saturated heterocycles. The summed E-state index contributed by atoms with van der Waals surface area (Å²) in [5.74, 6) is -1.43. The maximum atomic E-state index is 14.0. The average molecular weight is 743 g/mol. The molecule has 1 unspecified atom stereocenters.